The normalized spacial score (nSPS) is 21.1. The number of hydroxylamine groups is 1. The zero-order valence-electron chi connectivity index (χ0n) is 17.9. The van der Waals surface area contributed by atoms with E-state index in [9.17, 15) is 18.4 Å². The van der Waals surface area contributed by atoms with E-state index in [1.807, 2.05) is 0 Å². The van der Waals surface area contributed by atoms with E-state index in [1.165, 1.54) is 9.21 Å². The van der Waals surface area contributed by atoms with Crippen LogP contribution >= 0.6 is 23.2 Å². The standard InChI is InChI=1S/C20H29Cl2N3O5S/c1-20(2,3)30-19(26)25-7-4-5-18(25)17(23-27)12-31(28,29)24-8-6-13-9-15(21)16(22)10-14(13)11-24/h9-10,17-18,23,27H,4-8,11-12H2,1-3H3/t17-,18-/m1/s1. The lowest BCUT2D eigenvalue weighted by atomic mass is 10.0. The third-order valence-electron chi connectivity index (χ3n) is 5.56. The van der Waals surface area contributed by atoms with E-state index in [2.05, 4.69) is 5.48 Å². The first-order chi connectivity index (χ1) is 14.4. The van der Waals surface area contributed by atoms with Gasteiger partial charge >= 0.3 is 6.09 Å². The summed E-state index contributed by atoms with van der Waals surface area (Å²) < 4.78 is 33.2. The molecule has 0 aliphatic carbocycles. The number of halogens is 2. The summed E-state index contributed by atoms with van der Waals surface area (Å²) in [6, 6.07) is 2.15. The molecule has 0 unspecified atom stereocenters. The molecule has 174 valence electrons. The minimum absolute atomic E-state index is 0.188. The number of ether oxygens (including phenoxy) is 1. The first kappa shape index (κ1) is 24.5. The number of benzene rings is 1. The minimum atomic E-state index is -3.73. The summed E-state index contributed by atoms with van der Waals surface area (Å²) in [5.74, 6) is -0.343. The zero-order chi connectivity index (χ0) is 23.0. The van der Waals surface area contributed by atoms with Gasteiger partial charge in [-0.15, -0.1) is 0 Å². The van der Waals surface area contributed by atoms with Crippen LogP contribution in [0.5, 0.6) is 0 Å². The van der Waals surface area contributed by atoms with Crippen molar-refractivity contribution in [2.75, 3.05) is 18.8 Å². The molecule has 0 radical (unpaired) electrons. The highest BCUT2D eigenvalue weighted by atomic mass is 35.5. The van der Waals surface area contributed by atoms with Gasteiger partial charge < -0.3 is 14.8 Å². The van der Waals surface area contributed by atoms with Crippen molar-refractivity contribution in [2.45, 2.75) is 64.3 Å². The molecule has 1 saturated heterocycles. The average Bonchev–Trinajstić information content (AvgIpc) is 3.15. The first-order valence-electron chi connectivity index (χ1n) is 10.2. The Morgan fingerprint density at radius 2 is 1.90 bits per heavy atom. The molecule has 0 spiro atoms. The highest BCUT2D eigenvalue weighted by Gasteiger charge is 2.40. The van der Waals surface area contributed by atoms with Gasteiger partial charge in [0, 0.05) is 19.6 Å². The number of carbonyl (C=O) groups is 1. The summed E-state index contributed by atoms with van der Waals surface area (Å²) >= 11 is 12.2. The number of carbonyl (C=O) groups excluding carboxylic acids is 1. The van der Waals surface area contributed by atoms with Crippen molar-refractivity contribution in [1.82, 2.24) is 14.7 Å². The summed E-state index contributed by atoms with van der Waals surface area (Å²) in [6.45, 7) is 6.27. The van der Waals surface area contributed by atoms with E-state index in [0.29, 0.717) is 42.4 Å². The second-order valence-corrected chi connectivity index (χ2v) is 11.8. The molecule has 0 aromatic heterocycles. The Kier molecular flexibility index (Phi) is 7.45. The van der Waals surface area contributed by atoms with Gasteiger partial charge in [-0.25, -0.2) is 13.2 Å². The van der Waals surface area contributed by atoms with Crippen LogP contribution in [0.3, 0.4) is 0 Å². The number of sulfonamides is 1. The molecule has 1 aromatic rings. The van der Waals surface area contributed by atoms with E-state index >= 15 is 0 Å². The molecule has 11 heteroatoms. The smallest absolute Gasteiger partial charge is 0.410 e. The monoisotopic (exact) mass is 493 g/mol. The molecule has 2 heterocycles. The molecule has 0 saturated carbocycles. The maximum Gasteiger partial charge on any atom is 0.410 e. The van der Waals surface area contributed by atoms with Crippen molar-refractivity contribution >= 4 is 39.3 Å². The average molecular weight is 494 g/mol. The molecule has 2 atom stereocenters. The summed E-state index contributed by atoms with van der Waals surface area (Å²) in [4.78, 5) is 14.1. The van der Waals surface area contributed by atoms with E-state index in [4.69, 9.17) is 27.9 Å². The molecule has 1 fully saturated rings. The maximum atomic E-state index is 13.2. The molecule has 1 aromatic carbocycles. The number of fused-ring (bicyclic) bond motifs is 1. The van der Waals surface area contributed by atoms with Gasteiger partial charge in [-0.3, -0.25) is 0 Å². The zero-order valence-corrected chi connectivity index (χ0v) is 20.2. The quantitative estimate of drug-likeness (QED) is 0.609. The third kappa shape index (κ3) is 5.83. The topological polar surface area (TPSA) is 99.2 Å². The molecule has 8 nitrogen and oxygen atoms in total. The predicted molar refractivity (Wildman–Crippen MR) is 119 cm³/mol. The molecule has 2 aliphatic rings. The lowest BCUT2D eigenvalue weighted by molar-refractivity contribution is 0.0133. The summed E-state index contributed by atoms with van der Waals surface area (Å²) in [5, 5.41) is 10.6. The highest BCUT2D eigenvalue weighted by Crippen LogP contribution is 2.31. The Labute approximate surface area is 193 Å². The molecule has 3 rings (SSSR count). The third-order valence-corrected chi connectivity index (χ3v) is 8.16. The van der Waals surface area contributed by atoms with Crippen LogP contribution < -0.4 is 5.48 Å². The number of rotatable bonds is 5. The van der Waals surface area contributed by atoms with E-state index in [1.54, 1.807) is 32.9 Å². The van der Waals surface area contributed by atoms with Gasteiger partial charge in [0.2, 0.25) is 10.0 Å². The van der Waals surface area contributed by atoms with Crippen molar-refractivity contribution in [3.63, 3.8) is 0 Å². The molecular formula is C20H29Cl2N3O5S. The van der Waals surface area contributed by atoms with Gasteiger partial charge in [-0.2, -0.15) is 9.79 Å². The first-order valence-corrected chi connectivity index (χ1v) is 12.6. The van der Waals surface area contributed by atoms with E-state index in [-0.39, 0.29) is 12.3 Å². The van der Waals surface area contributed by atoms with Crippen LogP contribution in [0.25, 0.3) is 0 Å². The van der Waals surface area contributed by atoms with Crippen molar-refractivity contribution < 1.29 is 23.2 Å². The second kappa shape index (κ2) is 9.41. The number of nitrogens with zero attached hydrogens (tertiary/aromatic N) is 2. The van der Waals surface area contributed by atoms with Gasteiger partial charge in [0.1, 0.15) is 5.60 Å². The van der Waals surface area contributed by atoms with Crippen LogP contribution in [-0.4, -0.2) is 65.5 Å². The second-order valence-electron chi connectivity index (χ2n) is 9.02. The Bertz CT molecular complexity index is 935. The van der Waals surface area contributed by atoms with Gasteiger partial charge in [-0.05, 0) is 63.3 Å². The summed E-state index contributed by atoms with van der Waals surface area (Å²) in [7, 11) is -3.73. The van der Waals surface area contributed by atoms with Crippen LogP contribution in [-0.2, 0) is 27.7 Å². The number of hydrogen-bond donors (Lipinski definition) is 2. The van der Waals surface area contributed by atoms with Crippen molar-refractivity contribution in [3.05, 3.63) is 33.3 Å². The molecule has 2 N–H and O–H groups in total. The fourth-order valence-electron chi connectivity index (χ4n) is 4.09. The van der Waals surface area contributed by atoms with Gasteiger partial charge in [0.25, 0.3) is 0 Å². The summed E-state index contributed by atoms with van der Waals surface area (Å²) in [6.07, 6.45) is 1.30. The Morgan fingerprint density at radius 1 is 1.26 bits per heavy atom. The van der Waals surface area contributed by atoms with Crippen LogP contribution in [0.2, 0.25) is 10.0 Å². The number of nitrogens with one attached hydrogen (secondary N) is 1. The van der Waals surface area contributed by atoms with E-state index < -0.39 is 33.8 Å². The van der Waals surface area contributed by atoms with Crippen LogP contribution in [0.1, 0.15) is 44.7 Å². The van der Waals surface area contributed by atoms with Crippen LogP contribution in [0.15, 0.2) is 12.1 Å². The number of amides is 1. The van der Waals surface area contributed by atoms with Crippen molar-refractivity contribution in [3.8, 4) is 0 Å². The predicted octanol–water partition coefficient (Wildman–Crippen LogP) is 3.43. The maximum absolute atomic E-state index is 13.2. The Balaban J connectivity index is 1.73. The molecule has 0 bridgehead atoms. The SMILES string of the molecule is CC(C)(C)OC(=O)N1CCC[C@@H]1[C@@H](CS(=O)(=O)N1CCc2cc(Cl)c(Cl)cc2C1)NO. The Hall–Kier alpha value is -1.10. The van der Waals surface area contributed by atoms with Gasteiger partial charge in [-0.1, -0.05) is 23.2 Å². The van der Waals surface area contributed by atoms with Crippen molar-refractivity contribution in [2.24, 2.45) is 0 Å². The number of likely N-dealkylation sites (tertiary alicyclic amines) is 1. The number of hydrogen-bond acceptors (Lipinski definition) is 6. The van der Waals surface area contributed by atoms with E-state index in [0.717, 1.165) is 11.1 Å². The highest BCUT2D eigenvalue weighted by molar-refractivity contribution is 7.89. The van der Waals surface area contributed by atoms with Gasteiger partial charge in [0.15, 0.2) is 0 Å². The fourth-order valence-corrected chi connectivity index (χ4v) is 6.12. The minimum Gasteiger partial charge on any atom is -0.444 e. The largest absolute Gasteiger partial charge is 0.444 e. The van der Waals surface area contributed by atoms with Gasteiger partial charge in [0.05, 0.1) is 27.9 Å². The molecule has 1 amide bonds. The molecule has 2 aliphatic heterocycles. The lowest BCUT2D eigenvalue weighted by Crippen LogP contribution is -2.54. The van der Waals surface area contributed by atoms with Crippen LogP contribution in [0.4, 0.5) is 4.79 Å². The fraction of sp³-hybridized carbons (Fsp3) is 0.650. The molecular weight excluding hydrogens is 465 g/mol. The van der Waals surface area contributed by atoms with Crippen LogP contribution in [0, 0.1) is 0 Å². The molecule has 31 heavy (non-hydrogen) atoms. The Morgan fingerprint density at radius 3 is 2.52 bits per heavy atom. The van der Waals surface area contributed by atoms with Crippen molar-refractivity contribution in [1.29, 1.82) is 0 Å². The summed E-state index contributed by atoms with van der Waals surface area (Å²) in [5.41, 5.74) is 3.26. The lowest BCUT2D eigenvalue weighted by Gasteiger charge is -2.34.